The van der Waals surface area contributed by atoms with Gasteiger partial charge in [0.05, 0.1) is 15.2 Å². The summed E-state index contributed by atoms with van der Waals surface area (Å²) < 4.78 is 48.3. The van der Waals surface area contributed by atoms with E-state index in [1.807, 2.05) is 0 Å². The van der Waals surface area contributed by atoms with E-state index in [0.29, 0.717) is 0 Å². The van der Waals surface area contributed by atoms with Gasteiger partial charge in [-0.05, 0) is 26.0 Å². The van der Waals surface area contributed by atoms with Crippen LogP contribution in [0.1, 0.15) is 19.4 Å². The second-order valence-electron chi connectivity index (χ2n) is 4.96. The number of nitrogens with zero attached hydrogens (tertiary/aromatic N) is 1. The monoisotopic (exact) mass is 316 g/mol. The van der Waals surface area contributed by atoms with Crippen LogP contribution in [0.25, 0.3) is 0 Å². The van der Waals surface area contributed by atoms with Crippen LogP contribution in [0.15, 0.2) is 29.2 Å². The zero-order valence-corrected chi connectivity index (χ0v) is 13.0. The molecule has 0 heterocycles. The maximum absolute atomic E-state index is 12.1. The van der Waals surface area contributed by atoms with Gasteiger partial charge in [-0.1, -0.05) is 12.1 Å². The van der Waals surface area contributed by atoms with E-state index in [2.05, 4.69) is 4.72 Å². The minimum Gasteiger partial charge on any atom is -0.229 e. The van der Waals surface area contributed by atoms with Gasteiger partial charge in [0.2, 0.25) is 10.0 Å². The summed E-state index contributed by atoms with van der Waals surface area (Å²) in [5.41, 5.74) is 0.0113. The number of rotatable bonds is 5. The Kier molecular flexibility index (Phi) is 4.59. The Labute approximate surface area is 119 Å². The van der Waals surface area contributed by atoms with Gasteiger partial charge in [0.1, 0.15) is 6.07 Å². The van der Waals surface area contributed by atoms with E-state index in [1.165, 1.54) is 32.0 Å². The molecule has 1 N–H and O–H groups in total. The number of nitriles is 1. The summed E-state index contributed by atoms with van der Waals surface area (Å²) in [5.74, 6) is 0. The van der Waals surface area contributed by atoms with Crippen molar-refractivity contribution in [3.63, 3.8) is 0 Å². The summed E-state index contributed by atoms with van der Waals surface area (Å²) >= 11 is 0. The van der Waals surface area contributed by atoms with Crippen molar-refractivity contribution in [3.05, 3.63) is 29.8 Å². The number of hydrogen-bond donors (Lipinski definition) is 1. The van der Waals surface area contributed by atoms with Gasteiger partial charge in [-0.3, -0.25) is 0 Å². The van der Waals surface area contributed by atoms with Gasteiger partial charge in [0, 0.05) is 12.8 Å². The molecule has 0 atom stereocenters. The van der Waals surface area contributed by atoms with Crippen molar-refractivity contribution in [3.8, 4) is 6.07 Å². The number of hydrogen-bond acceptors (Lipinski definition) is 5. The molecule has 20 heavy (non-hydrogen) atoms. The third kappa shape index (κ3) is 3.56. The minimum atomic E-state index is -3.93. The Morgan fingerprint density at radius 1 is 1.20 bits per heavy atom. The largest absolute Gasteiger partial charge is 0.241 e. The zero-order valence-electron chi connectivity index (χ0n) is 11.4. The molecule has 0 aliphatic heterocycles. The third-order valence-electron chi connectivity index (χ3n) is 2.99. The predicted octanol–water partition coefficient (Wildman–Crippen LogP) is 0.660. The number of sulfonamides is 1. The van der Waals surface area contributed by atoms with Gasteiger partial charge < -0.3 is 0 Å². The molecule has 6 nitrogen and oxygen atoms in total. The number of sulfone groups is 1. The molecule has 1 aromatic rings. The lowest BCUT2D eigenvalue weighted by Gasteiger charge is -2.22. The van der Waals surface area contributed by atoms with E-state index in [1.54, 1.807) is 12.1 Å². The first-order valence-corrected chi connectivity index (χ1v) is 9.07. The van der Waals surface area contributed by atoms with E-state index in [0.717, 1.165) is 6.26 Å². The predicted molar refractivity (Wildman–Crippen MR) is 75.3 cm³/mol. The molecule has 0 bridgehead atoms. The topological polar surface area (TPSA) is 104 Å². The molecule has 0 amide bonds. The average Bonchev–Trinajstić information content (AvgIpc) is 2.35. The molecule has 0 unspecified atom stereocenters. The summed E-state index contributed by atoms with van der Waals surface area (Å²) in [5, 5.41) is 8.90. The first kappa shape index (κ1) is 16.6. The van der Waals surface area contributed by atoms with Crippen LogP contribution in [-0.4, -0.2) is 34.4 Å². The number of nitrogens with one attached hydrogen (secondary N) is 1. The van der Waals surface area contributed by atoms with Crippen molar-refractivity contribution in [1.82, 2.24) is 4.72 Å². The van der Waals surface area contributed by atoms with Crippen LogP contribution in [0.3, 0.4) is 0 Å². The van der Waals surface area contributed by atoms with Gasteiger partial charge in [-0.2, -0.15) is 5.26 Å². The molecule has 0 aliphatic carbocycles. The molecule has 0 aromatic heterocycles. The third-order valence-corrected chi connectivity index (χ3v) is 6.60. The lowest BCUT2D eigenvalue weighted by molar-refractivity contribution is 0.537. The zero-order chi connectivity index (χ0) is 15.6. The van der Waals surface area contributed by atoms with Crippen molar-refractivity contribution in [2.75, 3.05) is 12.8 Å². The highest BCUT2D eigenvalue weighted by Crippen LogP contribution is 2.17. The van der Waals surface area contributed by atoms with Crippen LogP contribution < -0.4 is 4.72 Å². The molecule has 0 fully saturated rings. The normalized spacial score (nSPS) is 12.9. The Bertz CT molecular complexity index is 744. The highest BCUT2D eigenvalue weighted by atomic mass is 32.2. The van der Waals surface area contributed by atoms with Crippen molar-refractivity contribution in [2.45, 2.75) is 23.5 Å². The molecule has 0 aliphatic rings. The molecule has 1 aromatic carbocycles. The van der Waals surface area contributed by atoms with Crippen LogP contribution >= 0.6 is 0 Å². The molecule has 110 valence electrons. The van der Waals surface area contributed by atoms with Crippen molar-refractivity contribution < 1.29 is 16.8 Å². The minimum absolute atomic E-state index is 0.0113. The van der Waals surface area contributed by atoms with E-state index in [4.69, 9.17) is 5.26 Å². The molecule has 0 saturated carbocycles. The Hall–Kier alpha value is -1.43. The summed E-state index contributed by atoms with van der Waals surface area (Å²) in [4.78, 5) is -0.160. The molecular weight excluding hydrogens is 300 g/mol. The highest BCUT2D eigenvalue weighted by Gasteiger charge is 2.32. The summed E-state index contributed by atoms with van der Waals surface area (Å²) in [6.07, 6.45) is 1.05. The maximum atomic E-state index is 12.1. The van der Waals surface area contributed by atoms with Crippen LogP contribution in [-0.2, 0) is 19.9 Å². The Morgan fingerprint density at radius 3 is 2.25 bits per heavy atom. The molecule has 8 heteroatoms. The summed E-state index contributed by atoms with van der Waals surface area (Å²) in [7, 11) is -7.35. The van der Waals surface area contributed by atoms with Crippen molar-refractivity contribution in [1.29, 1.82) is 5.26 Å². The van der Waals surface area contributed by atoms with Crippen molar-refractivity contribution >= 4 is 19.9 Å². The first-order valence-electron chi connectivity index (χ1n) is 5.70. The molecule has 0 spiro atoms. The molecule has 1 rings (SSSR count). The Balaban J connectivity index is 3.07. The second kappa shape index (κ2) is 5.52. The fraction of sp³-hybridized carbons (Fsp3) is 0.417. The molecule has 0 radical (unpaired) electrons. The maximum Gasteiger partial charge on any atom is 0.241 e. The van der Waals surface area contributed by atoms with Gasteiger partial charge in [-0.15, -0.1) is 0 Å². The van der Waals surface area contributed by atoms with E-state index >= 15 is 0 Å². The summed E-state index contributed by atoms with van der Waals surface area (Å²) in [6.45, 7) is 2.59. The fourth-order valence-electron chi connectivity index (χ4n) is 1.27. The lowest BCUT2D eigenvalue weighted by atomic mass is 10.2. The first-order chi connectivity index (χ1) is 9.01. The van der Waals surface area contributed by atoms with Gasteiger partial charge in [0.25, 0.3) is 0 Å². The Morgan fingerprint density at radius 2 is 1.75 bits per heavy atom. The van der Waals surface area contributed by atoms with Crippen LogP contribution in [0, 0.1) is 11.3 Å². The fourth-order valence-corrected chi connectivity index (χ4v) is 3.06. The van der Waals surface area contributed by atoms with Crippen LogP contribution in [0.5, 0.6) is 0 Å². The molecular formula is C12H16N2O4S2. The van der Waals surface area contributed by atoms with Crippen LogP contribution in [0.4, 0.5) is 0 Å². The van der Waals surface area contributed by atoms with Crippen LogP contribution in [0.2, 0.25) is 0 Å². The second-order valence-corrected chi connectivity index (χ2v) is 9.35. The molecule has 0 saturated heterocycles. The summed E-state index contributed by atoms with van der Waals surface area (Å²) in [6, 6.07) is 7.53. The lowest BCUT2D eigenvalue weighted by Crippen LogP contribution is -2.43. The highest BCUT2D eigenvalue weighted by molar-refractivity contribution is 7.92. The van der Waals surface area contributed by atoms with Gasteiger partial charge >= 0.3 is 0 Å². The smallest absolute Gasteiger partial charge is 0.229 e. The van der Waals surface area contributed by atoms with Crippen molar-refractivity contribution in [2.24, 2.45) is 0 Å². The standard InChI is InChI=1S/C12H16N2O4S2/c1-12(2,19(3,15)16)9-14-20(17,18)11-7-5-4-6-10(11)8-13/h4-7,14H,9H2,1-3H3. The van der Waals surface area contributed by atoms with E-state index in [9.17, 15) is 16.8 Å². The van der Waals surface area contributed by atoms with Gasteiger partial charge in [0.15, 0.2) is 9.84 Å². The van der Waals surface area contributed by atoms with E-state index in [-0.39, 0.29) is 17.0 Å². The number of benzene rings is 1. The SMILES string of the molecule is CC(C)(CNS(=O)(=O)c1ccccc1C#N)S(C)(=O)=O. The quantitative estimate of drug-likeness (QED) is 0.859. The van der Waals surface area contributed by atoms with Gasteiger partial charge in [-0.25, -0.2) is 21.6 Å². The average molecular weight is 316 g/mol. The van der Waals surface area contributed by atoms with E-state index < -0.39 is 24.6 Å².